The molecule has 8 nitrogen and oxygen atoms in total. The van der Waals surface area contributed by atoms with Crippen LogP contribution < -0.4 is 0 Å². The van der Waals surface area contributed by atoms with E-state index in [1.807, 2.05) is 23.4 Å². The first-order valence-electron chi connectivity index (χ1n) is 8.94. The van der Waals surface area contributed by atoms with Crippen LogP contribution in [0.4, 0.5) is 0 Å². The van der Waals surface area contributed by atoms with Gasteiger partial charge in [-0.1, -0.05) is 5.16 Å². The zero-order chi connectivity index (χ0) is 17.4. The van der Waals surface area contributed by atoms with Crippen LogP contribution in [0.3, 0.4) is 0 Å². The minimum absolute atomic E-state index is 0.00728. The summed E-state index contributed by atoms with van der Waals surface area (Å²) in [5.74, 6) is -0.479. The van der Waals surface area contributed by atoms with Crippen LogP contribution in [0.5, 0.6) is 0 Å². The minimum atomic E-state index is -0.543. The van der Waals surface area contributed by atoms with Crippen molar-refractivity contribution in [2.24, 2.45) is 5.16 Å². The van der Waals surface area contributed by atoms with Crippen LogP contribution in [-0.2, 0) is 25.7 Å². The highest BCUT2D eigenvalue weighted by Crippen LogP contribution is 2.32. The fourth-order valence-corrected chi connectivity index (χ4v) is 3.77. The quantitative estimate of drug-likeness (QED) is 0.816. The molecule has 0 aromatic carbocycles. The van der Waals surface area contributed by atoms with Gasteiger partial charge in [-0.25, -0.2) is 0 Å². The van der Waals surface area contributed by atoms with Gasteiger partial charge >= 0.3 is 0 Å². The Morgan fingerprint density at radius 1 is 1.32 bits per heavy atom. The van der Waals surface area contributed by atoms with E-state index in [1.165, 1.54) is 0 Å². The molecule has 0 saturated carbocycles. The van der Waals surface area contributed by atoms with Crippen LogP contribution in [-0.4, -0.2) is 64.5 Å². The van der Waals surface area contributed by atoms with Gasteiger partial charge in [0.05, 0.1) is 25.1 Å². The Labute approximate surface area is 146 Å². The van der Waals surface area contributed by atoms with Crippen molar-refractivity contribution in [3.8, 4) is 0 Å². The van der Waals surface area contributed by atoms with Crippen molar-refractivity contribution >= 4 is 11.6 Å². The maximum atomic E-state index is 12.8. The molecule has 8 heteroatoms. The molecule has 25 heavy (non-hydrogen) atoms. The van der Waals surface area contributed by atoms with Gasteiger partial charge in [-0.05, 0) is 13.8 Å². The number of likely N-dealkylation sites (tertiary alicyclic amines) is 1. The SMILES string of the molecule is CCn1ncc(C2=NO[C@@H](C(=O)N3CCC4(CC3)OCCO4)C2)c1C. The van der Waals surface area contributed by atoms with Gasteiger partial charge in [0.15, 0.2) is 5.79 Å². The van der Waals surface area contributed by atoms with E-state index in [4.69, 9.17) is 14.3 Å². The molecule has 4 heterocycles. The summed E-state index contributed by atoms with van der Waals surface area (Å²) in [5.41, 5.74) is 2.81. The first kappa shape index (κ1) is 16.5. The maximum Gasteiger partial charge on any atom is 0.266 e. The van der Waals surface area contributed by atoms with Crippen LogP contribution in [0, 0.1) is 6.92 Å². The number of carbonyl (C=O) groups excluding carboxylic acids is 1. The number of rotatable bonds is 3. The number of oxime groups is 1. The normalized spacial score (nSPS) is 25.3. The maximum absolute atomic E-state index is 12.8. The molecule has 1 atom stereocenters. The number of hydrogen-bond donors (Lipinski definition) is 0. The second-order valence-electron chi connectivity index (χ2n) is 6.73. The first-order chi connectivity index (χ1) is 12.1. The highest BCUT2D eigenvalue weighted by atomic mass is 16.7. The molecule has 4 rings (SSSR count). The fraction of sp³-hybridized carbons (Fsp3) is 0.706. The van der Waals surface area contributed by atoms with Crippen molar-refractivity contribution in [3.05, 3.63) is 17.5 Å². The number of aromatic nitrogens is 2. The van der Waals surface area contributed by atoms with Crippen molar-refractivity contribution in [2.75, 3.05) is 26.3 Å². The lowest BCUT2D eigenvalue weighted by atomic mass is 10.0. The van der Waals surface area contributed by atoms with Gasteiger partial charge in [0.25, 0.3) is 5.91 Å². The van der Waals surface area contributed by atoms with E-state index in [9.17, 15) is 4.79 Å². The molecule has 1 aromatic heterocycles. The Balaban J connectivity index is 1.36. The van der Waals surface area contributed by atoms with Gasteiger partial charge in [0.2, 0.25) is 6.10 Å². The predicted octanol–water partition coefficient (Wildman–Crippen LogP) is 1.07. The van der Waals surface area contributed by atoms with Crippen LogP contribution in [0.15, 0.2) is 11.4 Å². The van der Waals surface area contributed by atoms with Gasteiger partial charge in [0, 0.05) is 50.2 Å². The Morgan fingerprint density at radius 2 is 2.04 bits per heavy atom. The number of carbonyl (C=O) groups is 1. The zero-order valence-corrected chi connectivity index (χ0v) is 14.7. The minimum Gasteiger partial charge on any atom is -0.382 e. The van der Waals surface area contributed by atoms with E-state index < -0.39 is 11.9 Å². The van der Waals surface area contributed by atoms with E-state index >= 15 is 0 Å². The molecule has 1 aromatic rings. The average molecular weight is 348 g/mol. The molecule has 0 aliphatic carbocycles. The molecule has 3 aliphatic rings. The number of hydrogen-bond acceptors (Lipinski definition) is 6. The molecule has 0 unspecified atom stereocenters. The topological polar surface area (TPSA) is 78.2 Å². The third-order valence-electron chi connectivity index (χ3n) is 5.31. The monoisotopic (exact) mass is 348 g/mol. The second kappa shape index (κ2) is 6.42. The van der Waals surface area contributed by atoms with Gasteiger partial charge < -0.3 is 19.2 Å². The van der Waals surface area contributed by atoms with E-state index in [-0.39, 0.29) is 5.91 Å². The molecule has 1 spiro atoms. The van der Waals surface area contributed by atoms with Crippen molar-refractivity contribution in [3.63, 3.8) is 0 Å². The van der Waals surface area contributed by atoms with Crippen LogP contribution in [0.25, 0.3) is 0 Å². The number of aryl methyl sites for hydroxylation is 1. The van der Waals surface area contributed by atoms with Gasteiger partial charge in [0.1, 0.15) is 0 Å². The third-order valence-corrected chi connectivity index (χ3v) is 5.31. The highest BCUT2D eigenvalue weighted by molar-refractivity contribution is 6.04. The standard InChI is InChI=1S/C17H24N4O4/c1-3-21-12(2)13(11-18-21)14-10-15(25-19-14)16(22)20-6-4-17(5-7-20)23-8-9-24-17/h11,15H,3-10H2,1-2H3/t15-/m1/s1. The van der Waals surface area contributed by atoms with Crippen molar-refractivity contribution in [1.29, 1.82) is 0 Å². The molecular weight excluding hydrogens is 324 g/mol. The summed E-state index contributed by atoms with van der Waals surface area (Å²) in [4.78, 5) is 20.0. The molecule has 2 fully saturated rings. The molecular formula is C17H24N4O4. The average Bonchev–Trinajstić information content (AvgIpc) is 3.35. The van der Waals surface area contributed by atoms with Crippen LogP contribution in [0.1, 0.15) is 37.4 Å². The van der Waals surface area contributed by atoms with Crippen molar-refractivity contribution in [2.45, 2.75) is 51.5 Å². The molecule has 0 bridgehead atoms. The summed E-state index contributed by atoms with van der Waals surface area (Å²) in [7, 11) is 0. The van der Waals surface area contributed by atoms with E-state index in [0.29, 0.717) is 45.6 Å². The summed E-state index contributed by atoms with van der Waals surface area (Å²) < 4.78 is 13.3. The fourth-order valence-electron chi connectivity index (χ4n) is 3.77. The van der Waals surface area contributed by atoms with E-state index in [1.54, 1.807) is 6.20 Å². The Hall–Kier alpha value is -1.93. The number of ether oxygens (including phenoxy) is 2. The van der Waals surface area contributed by atoms with Crippen molar-refractivity contribution in [1.82, 2.24) is 14.7 Å². The molecule has 0 N–H and O–H groups in total. The zero-order valence-electron chi connectivity index (χ0n) is 14.7. The second-order valence-corrected chi connectivity index (χ2v) is 6.73. The molecule has 2 saturated heterocycles. The lowest BCUT2D eigenvalue weighted by Crippen LogP contribution is -2.50. The van der Waals surface area contributed by atoms with E-state index in [2.05, 4.69) is 10.3 Å². The number of piperidine rings is 1. The van der Waals surface area contributed by atoms with Crippen LogP contribution in [0.2, 0.25) is 0 Å². The molecule has 136 valence electrons. The van der Waals surface area contributed by atoms with Gasteiger partial charge in [-0.2, -0.15) is 5.10 Å². The highest BCUT2D eigenvalue weighted by Gasteiger charge is 2.43. The smallest absolute Gasteiger partial charge is 0.266 e. The summed E-state index contributed by atoms with van der Waals surface area (Å²) in [5, 5.41) is 8.49. The Kier molecular flexibility index (Phi) is 4.24. The lowest BCUT2D eigenvalue weighted by molar-refractivity contribution is -0.189. The lowest BCUT2D eigenvalue weighted by Gasteiger charge is -2.38. The number of nitrogens with zero attached hydrogens (tertiary/aromatic N) is 4. The molecule has 0 radical (unpaired) electrons. The number of amides is 1. The largest absolute Gasteiger partial charge is 0.382 e. The summed E-state index contributed by atoms with van der Waals surface area (Å²) in [6, 6.07) is 0. The van der Waals surface area contributed by atoms with E-state index in [0.717, 1.165) is 23.5 Å². The van der Waals surface area contributed by atoms with Crippen LogP contribution >= 0.6 is 0 Å². The summed E-state index contributed by atoms with van der Waals surface area (Å²) >= 11 is 0. The van der Waals surface area contributed by atoms with Gasteiger partial charge in [-0.3, -0.25) is 9.48 Å². The third kappa shape index (κ3) is 2.93. The summed E-state index contributed by atoms with van der Waals surface area (Å²) in [6.07, 6.45) is 3.17. The molecule has 3 aliphatic heterocycles. The van der Waals surface area contributed by atoms with Crippen molar-refractivity contribution < 1.29 is 19.1 Å². The molecule has 1 amide bonds. The summed E-state index contributed by atoms with van der Waals surface area (Å²) in [6.45, 7) is 7.39. The Bertz CT molecular complexity index is 683. The van der Waals surface area contributed by atoms with Gasteiger partial charge in [-0.15, -0.1) is 0 Å². The predicted molar refractivity (Wildman–Crippen MR) is 89.1 cm³/mol. The first-order valence-corrected chi connectivity index (χ1v) is 8.94. The Morgan fingerprint density at radius 3 is 2.68 bits per heavy atom.